The second-order valence-electron chi connectivity index (χ2n) is 7.44. The molecule has 136 valence electrons. The van der Waals surface area contributed by atoms with Crippen molar-refractivity contribution in [1.82, 2.24) is 4.31 Å². The zero-order valence-electron chi connectivity index (χ0n) is 15.2. The maximum Gasteiger partial charge on any atom is 0.243 e. The van der Waals surface area contributed by atoms with Gasteiger partial charge < -0.3 is 5.73 Å². The Labute approximate surface area is 152 Å². The molecule has 1 aromatic rings. The number of hydrogen-bond donors (Lipinski definition) is 1. The highest BCUT2D eigenvalue weighted by molar-refractivity contribution is 7.89. The van der Waals surface area contributed by atoms with E-state index >= 15 is 0 Å². The maximum absolute atomic E-state index is 13.3. The van der Waals surface area contributed by atoms with Gasteiger partial charge in [-0.05, 0) is 87.1 Å². The van der Waals surface area contributed by atoms with Gasteiger partial charge in [-0.25, -0.2) is 8.42 Å². The van der Waals surface area contributed by atoms with E-state index in [2.05, 4.69) is 6.92 Å². The van der Waals surface area contributed by atoms with Crippen LogP contribution in [0.25, 0.3) is 0 Å². The molecule has 3 unspecified atom stereocenters. The summed E-state index contributed by atoms with van der Waals surface area (Å²) in [5.74, 6) is 0.769. The lowest BCUT2D eigenvalue weighted by Gasteiger charge is -2.24. The SMILES string of the molecule is Cc1c(C)c(C)c(S(=O)(=O)N2CC3CCC(N)C3C2)c(C)c1C.Cl. The third kappa shape index (κ3) is 2.79. The Balaban J connectivity index is 0.00000208. The van der Waals surface area contributed by atoms with Gasteiger partial charge in [-0.1, -0.05) is 0 Å². The summed E-state index contributed by atoms with van der Waals surface area (Å²) in [7, 11) is -3.45. The Morgan fingerprint density at radius 3 is 1.88 bits per heavy atom. The van der Waals surface area contributed by atoms with Crippen molar-refractivity contribution >= 4 is 22.4 Å². The summed E-state index contributed by atoms with van der Waals surface area (Å²) < 4.78 is 28.3. The molecule has 0 amide bonds. The fourth-order valence-electron chi connectivity index (χ4n) is 4.44. The topological polar surface area (TPSA) is 63.4 Å². The molecular weight excluding hydrogens is 344 g/mol. The summed E-state index contributed by atoms with van der Waals surface area (Å²) in [6, 6.07) is 0.156. The lowest BCUT2D eigenvalue weighted by atomic mass is 9.95. The number of nitrogens with zero attached hydrogens (tertiary/aromatic N) is 1. The normalized spacial score (nSPS) is 27.2. The van der Waals surface area contributed by atoms with Crippen LogP contribution in [0.5, 0.6) is 0 Å². The van der Waals surface area contributed by atoms with Gasteiger partial charge in [0.05, 0.1) is 4.90 Å². The van der Waals surface area contributed by atoms with Gasteiger partial charge in [0.15, 0.2) is 0 Å². The van der Waals surface area contributed by atoms with E-state index in [9.17, 15) is 8.42 Å². The molecule has 0 radical (unpaired) electrons. The lowest BCUT2D eigenvalue weighted by Crippen LogP contribution is -2.34. The molecule has 3 atom stereocenters. The van der Waals surface area contributed by atoms with Gasteiger partial charge >= 0.3 is 0 Å². The van der Waals surface area contributed by atoms with Crippen LogP contribution >= 0.6 is 12.4 Å². The number of benzene rings is 1. The van der Waals surface area contributed by atoms with Gasteiger partial charge in [-0.3, -0.25) is 0 Å². The minimum absolute atomic E-state index is 0. The molecule has 2 fully saturated rings. The fraction of sp³-hybridized carbons (Fsp3) is 0.667. The zero-order chi connectivity index (χ0) is 17.1. The maximum atomic E-state index is 13.3. The fourth-order valence-corrected chi connectivity index (χ4v) is 6.54. The number of nitrogens with two attached hydrogens (primary N) is 1. The van der Waals surface area contributed by atoms with Gasteiger partial charge in [0, 0.05) is 19.1 Å². The first kappa shape index (κ1) is 19.7. The third-order valence-electron chi connectivity index (χ3n) is 6.41. The molecule has 0 spiro atoms. The molecule has 1 aliphatic heterocycles. The van der Waals surface area contributed by atoms with Crippen LogP contribution in [0.1, 0.15) is 40.7 Å². The molecule has 6 heteroatoms. The van der Waals surface area contributed by atoms with Crippen molar-refractivity contribution in [1.29, 1.82) is 0 Å². The molecule has 0 bridgehead atoms. The van der Waals surface area contributed by atoms with E-state index in [1.807, 2.05) is 27.7 Å². The quantitative estimate of drug-likeness (QED) is 0.867. The van der Waals surface area contributed by atoms with Crippen LogP contribution < -0.4 is 5.73 Å². The summed E-state index contributed by atoms with van der Waals surface area (Å²) in [6.07, 6.45) is 2.09. The number of hydrogen-bond acceptors (Lipinski definition) is 3. The molecule has 2 N–H and O–H groups in total. The lowest BCUT2D eigenvalue weighted by molar-refractivity contribution is 0.426. The zero-order valence-corrected chi connectivity index (χ0v) is 16.9. The van der Waals surface area contributed by atoms with Crippen LogP contribution in [0, 0.1) is 46.5 Å². The predicted octanol–water partition coefficient (Wildman–Crippen LogP) is 3.01. The predicted molar refractivity (Wildman–Crippen MR) is 100 cm³/mol. The van der Waals surface area contributed by atoms with Crippen LogP contribution in [-0.4, -0.2) is 31.9 Å². The van der Waals surface area contributed by atoms with Crippen molar-refractivity contribution in [3.63, 3.8) is 0 Å². The monoisotopic (exact) mass is 372 g/mol. The molecule has 1 aromatic carbocycles. The molecule has 1 heterocycles. The summed E-state index contributed by atoms with van der Waals surface area (Å²) in [4.78, 5) is 0.520. The van der Waals surface area contributed by atoms with Crippen LogP contribution in [0.4, 0.5) is 0 Å². The first-order chi connectivity index (χ1) is 10.7. The molecule has 1 saturated carbocycles. The van der Waals surface area contributed by atoms with Crippen molar-refractivity contribution in [2.75, 3.05) is 13.1 Å². The smallest absolute Gasteiger partial charge is 0.243 e. The van der Waals surface area contributed by atoms with Crippen molar-refractivity contribution in [2.24, 2.45) is 17.6 Å². The van der Waals surface area contributed by atoms with Crippen molar-refractivity contribution in [3.8, 4) is 0 Å². The van der Waals surface area contributed by atoms with Gasteiger partial charge in [-0.2, -0.15) is 4.31 Å². The minimum Gasteiger partial charge on any atom is -0.327 e. The standard InChI is InChI=1S/C18H28N2O2S.ClH/c1-10-11(2)13(4)18(14(5)12(10)3)23(21,22)20-8-15-6-7-17(19)16(15)9-20;/h15-17H,6-9,19H2,1-5H3;1H. The average Bonchev–Trinajstić information content (AvgIpc) is 3.06. The van der Waals surface area contributed by atoms with Crippen LogP contribution in [-0.2, 0) is 10.0 Å². The molecular formula is C18H29ClN2O2S. The molecule has 3 rings (SSSR count). The van der Waals surface area contributed by atoms with E-state index in [1.54, 1.807) is 4.31 Å². The molecule has 2 aliphatic rings. The highest BCUT2D eigenvalue weighted by Gasteiger charge is 2.45. The summed E-state index contributed by atoms with van der Waals surface area (Å²) in [6.45, 7) is 11.2. The summed E-state index contributed by atoms with van der Waals surface area (Å²) in [5.41, 5.74) is 11.3. The third-order valence-corrected chi connectivity index (χ3v) is 8.51. The van der Waals surface area contributed by atoms with Gasteiger partial charge in [0.1, 0.15) is 0 Å². The van der Waals surface area contributed by atoms with Gasteiger partial charge in [-0.15, -0.1) is 12.4 Å². The summed E-state index contributed by atoms with van der Waals surface area (Å²) in [5, 5.41) is 0. The Kier molecular flexibility index (Phi) is 5.42. The van der Waals surface area contributed by atoms with Crippen molar-refractivity contribution in [2.45, 2.75) is 58.4 Å². The van der Waals surface area contributed by atoms with E-state index in [0.717, 1.165) is 35.1 Å². The van der Waals surface area contributed by atoms with E-state index in [0.29, 0.717) is 29.8 Å². The van der Waals surface area contributed by atoms with Gasteiger partial charge in [0.2, 0.25) is 10.0 Å². The Hall–Kier alpha value is -0.620. The minimum atomic E-state index is -3.45. The largest absolute Gasteiger partial charge is 0.327 e. The number of sulfonamides is 1. The van der Waals surface area contributed by atoms with E-state index in [1.165, 1.54) is 5.56 Å². The Morgan fingerprint density at radius 2 is 1.38 bits per heavy atom. The molecule has 1 saturated heterocycles. The second kappa shape index (κ2) is 6.60. The first-order valence-corrected chi connectivity index (χ1v) is 9.93. The first-order valence-electron chi connectivity index (χ1n) is 8.49. The highest BCUT2D eigenvalue weighted by atomic mass is 35.5. The molecule has 4 nitrogen and oxygen atoms in total. The Bertz CT molecular complexity index is 732. The summed E-state index contributed by atoms with van der Waals surface area (Å²) >= 11 is 0. The van der Waals surface area contributed by atoms with Crippen LogP contribution in [0.3, 0.4) is 0 Å². The Morgan fingerprint density at radius 1 is 0.875 bits per heavy atom. The van der Waals surface area contributed by atoms with Crippen molar-refractivity contribution < 1.29 is 8.42 Å². The number of halogens is 1. The van der Waals surface area contributed by atoms with E-state index < -0.39 is 10.0 Å². The molecule has 24 heavy (non-hydrogen) atoms. The second-order valence-corrected chi connectivity index (χ2v) is 9.32. The highest BCUT2D eigenvalue weighted by Crippen LogP contribution is 2.40. The van der Waals surface area contributed by atoms with E-state index in [4.69, 9.17) is 5.73 Å². The van der Waals surface area contributed by atoms with Crippen molar-refractivity contribution in [3.05, 3.63) is 27.8 Å². The van der Waals surface area contributed by atoms with Gasteiger partial charge in [0.25, 0.3) is 0 Å². The van der Waals surface area contributed by atoms with E-state index in [-0.39, 0.29) is 18.4 Å². The van der Waals surface area contributed by atoms with Crippen LogP contribution in [0.2, 0.25) is 0 Å². The molecule has 0 aromatic heterocycles. The molecule has 1 aliphatic carbocycles. The number of rotatable bonds is 2. The number of fused-ring (bicyclic) bond motifs is 1. The van der Waals surface area contributed by atoms with Crippen LogP contribution in [0.15, 0.2) is 4.90 Å². The average molecular weight is 373 g/mol.